The number of hydrogen-bond acceptors (Lipinski definition) is 6. The number of rotatable bonds is 4. The van der Waals surface area contributed by atoms with Gasteiger partial charge < -0.3 is 14.8 Å². The molecule has 1 aliphatic heterocycles. The largest absolute Gasteiger partial charge is 0.486 e. The van der Waals surface area contributed by atoms with Crippen LogP contribution < -0.4 is 14.8 Å². The molecule has 1 amide bonds. The zero-order chi connectivity index (χ0) is 18.9. The Hall–Kier alpha value is -3.39. The molecular formula is C20H16N4O3S. The highest BCUT2D eigenvalue weighted by atomic mass is 32.1. The lowest BCUT2D eigenvalue weighted by atomic mass is 10.2. The molecule has 8 heteroatoms. The molecule has 3 heterocycles. The third-order valence-electron chi connectivity index (χ3n) is 4.32. The summed E-state index contributed by atoms with van der Waals surface area (Å²) in [6, 6.07) is 13.5. The van der Waals surface area contributed by atoms with Gasteiger partial charge in [-0.25, -0.2) is 9.67 Å². The first-order valence-corrected chi connectivity index (χ1v) is 9.65. The number of benzene rings is 2. The average molecular weight is 392 g/mol. The predicted molar refractivity (Wildman–Crippen MR) is 107 cm³/mol. The molecule has 0 bridgehead atoms. The molecule has 140 valence electrons. The summed E-state index contributed by atoms with van der Waals surface area (Å²) in [4.78, 5) is 16.9. The van der Waals surface area contributed by atoms with Gasteiger partial charge in [0.1, 0.15) is 13.2 Å². The Morgan fingerprint density at radius 3 is 2.75 bits per heavy atom. The summed E-state index contributed by atoms with van der Waals surface area (Å²) in [6.45, 7) is 1.07. The quantitative estimate of drug-likeness (QED) is 0.576. The van der Waals surface area contributed by atoms with Crippen molar-refractivity contribution < 1.29 is 14.3 Å². The fourth-order valence-electron chi connectivity index (χ4n) is 3.04. The van der Waals surface area contributed by atoms with E-state index in [4.69, 9.17) is 9.47 Å². The van der Waals surface area contributed by atoms with Gasteiger partial charge in [0.25, 0.3) is 0 Å². The van der Waals surface area contributed by atoms with Crippen LogP contribution in [0.1, 0.15) is 5.56 Å². The van der Waals surface area contributed by atoms with Crippen molar-refractivity contribution in [2.24, 2.45) is 0 Å². The first-order chi connectivity index (χ1) is 13.7. The third-order valence-corrected chi connectivity index (χ3v) is 5.25. The van der Waals surface area contributed by atoms with Crippen molar-refractivity contribution in [3.63, 3.8) is 0 Å². The van der Waals surface area contributed by atoms with E-state index in [0.29, 0.717) is 29.8 Å². The number of carbonyl (C=O) groups is 1. The van der Waals surface area contributed by atoms with Gasteiger partial charge in [0, 0.05) is 18.3 Å². The maximum absolute atomic E-state index is 12.4. The molecule has 0 fully saturated rings. The summed E-state index contributed by atoms with van der Waals surface area (Å²) in [7, 11) is 0. The van der Waals surface area contributed by atoms with Crippen LogP contribution in [-0.2, 0) is 11.2 Å². The van der Waals surface area contributed by atoms with Gasteiger partial charge in [0.05, 0.1) is 28.5 Å². The number of para-hydroxylation sites is 1. The summed E-state index contributed by atoms with van der Waals surface area (Å²) in [5.74, 6) is 1.27. The van der Waals surface area contributed by atoms with Crippen LogP contribution in [-0.4, -0.2) is 33.9 Å². The van der Waals surface area contributed by atoms with Crippen LogP contribution in [0.5, 0.6) is 11.5 Å². The highest BCUT2D eigenvalue weighted by Crippen LogP contribution is 2.37. The average Bonchev–Trinajstić information content (AvgIpc) is 3.32. The number of hydrogen-bond donors (Lipinski definition) is 1. The SMILES string of the molecule is O=C(Cc1cnn(-c2ccccc2)c1)Nc1nc2cc3c(cc2s1)OCCO3. The van der Waals surface area contributed by atoms with Gasteiger partial charge in [-0.15, -0.1) is 0 Å². The summed E-state index contributed by atoms with van der Waals surface area (Å²) >= 11 is 1.41. The second kappa shape index (κ2) is 6.97. The first-order valence-electron chi connectivity index (χ1n) is 8.84. The molecule has 5 rings (SSSR count). The lowest BCUT2D eigenvalue weighted by Gasteiger charge is -2.17. The van der Waals surface area contributed by atoms with E-state index in [1.165, 1.54) is 11.3 Å². The molecule has 1 aliphatic rings. The number of fused-ring (bicyclic) bond motifs is 2. The predicted octanol–water partition coefficient (Wildman–Crippen LogP) is 3.43. The molecule has 0 aliphatic carbocycles. The maximum Gasteiger partial charge on any atom is 0.230 e. The lowest BCUT2D eigenvalue weighted by molar-refractivity contribution is -0.115. The minimum Gasteiger partial charge on any atom is -0.486 e. The van der Waals surface area contributed by atoms with E-state index in [1.54, 1.807) is 10.9 Å². The molecule has 0 atom stereocenters. The van der Waals surface area contributed by atoms with Crippen molar-refractivity contribution in [1.29, 1.82) is 0 Å². The molecule has 28 heavy (non-hydrogen) atoms. The number of carbonyl (C=O) groups excluding carboxylic acids is 1. The van der Waals surface area contributed by atoms with E-state index in [2.05, 4.69) is 15.4 Å². The van der Waals surface area contributed by atoms with Gasteiger partial charge >= 0.3 is 0 Å². The van der Waals surface area contributed by atoms with E-state index in [0.717, 1.165) is 21.5 Å². The monoisotopic (exact) mass is 392 g/mol. The van der Waals surface area contributed by atoms with Gasteiger partial charge in [-0.05, 0) is 17.7 Å². The van der Waals surface area contributed by atoms with E-state index in [1.807, 2.05) is 48.7 Å². The van der Waals surface area contributed by atoms with Crippen molar-refractivity contribution in [2.75, 3.05) is 18.5 Å². The number of aromatic nitrogens is 3. The highest BCUT2D eigenvalue weighted by Gasteiger charge is 2.16. The first kappa shape index (κ1) is 16.8. The van der Waals surface area contributed by atoms with Gasteiger partial charge in [-0.3, -0.25) is 4.79 Å². The summed E-state index contributed by atoms with van der Waals surface area (Å²) < 4.78 is 13.9. The van der Waals surface area contributed by atoms with Gasteiger partial charge in [0.15, 0.2) is 16.6 Å². The minimum atomic E-state index is -0.135. The van der Waals surface area contributed by atoms with Crippen LogP contribution >= 0.6 is 11.3 Å². The fraction of sp³-hybridized carbons (Fsp3) is 0.150. The number of amides is 1. The Bertz CT molecular complexity index is 1110. The van der Waals surface area contributed by atoms with E-state index >= 15 is 0 Å². The molecule has 1 N–H and O–H groups in total. The molecule has 2 aromatic heterocycles. The minimum absolute atomic E-state index is 0.135. The Balaban J connectivity index is 1.30. The Morgan fingerprint density at radius 2 is 1.93 bits per heavy atom. The molecule has 0 saturated carbocycles. The molecule has 0 radical (unpaired) electrons. The number of nitrogens with zero attached hydrogens (tertiary/aromatic N) is 3. The zero-order valence-electron chi connectivity index (χ0n) is 14.8. The summed E-state index contributed by atoms with van der Waals surface area (Å²) in [5.41, 5.74) is 2.56. The zero-order valence-corrected chi connectivity index (χ0v) is 15.6. The Kier molecular flexibility index (Phi) is 4.17. The van der Waals surface area contributed by atoms with Crippen molar-refractivity contribution in [3.8, 4) is 17.2 Å². The summed E-state index contributed by atoms with van der Waals surface area (Å²) in [5, 5.41) is 7.74. The number of nitrogens with one attached hydrogen (secondary N) is 1. The molecule has 0 unspecified atom stereocenters. The Labute approximate surface area is 164 Å². The van der Waals surface area contributed by atoms with Gasteiger partial charge in [-0.1, -0.05) is 29.5 Å². The molecule has 4 aromatic rings. The molecular weight excluding hydrogens is 376 g/mol. The van der Waals surface area contributed by atoms with E-state index in [9.17, 15) is 4.79 Å². The van der Waals surface area contributed by atoms with E-state index in [-0.39, 0.29) is 12.3 Å². The number of ether oxygens (including phenoxy) is 2. The second-order valence-corrected chi connectivity index (χ2v) is 7.37. The van der Waals surface area contributed by atoms with Crippen LogP contribution in [0.4, 0.5) is 5.13 Å². The standard InChI is InChI=1S/C20H16N4O3S/c25-19(8-13-11-21-24(12-13)14-4-2-1-3-5-14)23-20-22-15-9-16-17(10-18(15)28-20)27-7-6-26-16/h1-5,9-12H,6-8H2,(H,22,23,25). The maximum atomic E-state index is 12.4. The van der Waals surface area contributed by atoms with Crippen molar-refractivity contribution in [1.82, 2.24) is 14.8 Å². The smallest absolute Gasteiger partial charge is 0.230 e. The van der Waals surface area contributed by atoms with Crippen LogP contribution in [0.25, 0.3) is 15.9 Å². The molecule has 0 saturated heterocycles. The molecule has 0 spiro atoms. The van der Waals surface area contributed by atoms with Crippen LogP contribution in [0.3, 0.4) is 0 Å². The fourth-order valence-corrected chi connectivity index (χ4v) is 3.93. The van der Waals surface area contributed by atoms with E-state index < -0.39 is 0 Å². The second-order valence-electron chi connectivity index (χ2n) is 6.34. The van der Waals surface area contributed by atoms with Crippen molar-refractivity contribution in [2.45, 2.75) is 6.42 Å². The van der Waals surface area contributed by atoms with Crippen LogP contribution in [0.15, 0.2) is 54.9 Å². The van der Waals surface area contributed by atoms with Gasteiger partial charge in [0.2, 0.25) is 5.91 Å². The van der Waals surface area contributed by atoms with Crippen molar-refractivity contribution >= 4 is 32.6 Å². The molecule has 2 aromatic carbocycles. The topological polar surface area (TPSA) is 78.3 Å². The molecule has 7 nitrogen and oxygen atoms in total. The summed E-state index contributed by atoms with van der Waals surface area (Å²) in [6.07, 6.45) is 3.79. The Morgan fingerprint density at radius 1 is 1.14 bits per heavy atom. The number of anilines is 1. The lowest BCUT2D eigenvalue weighted by Crippen LogP contribution is -2.15. The van der Waals surface area contributed by atoms with Crippen molar-refractivity contribution in [3.05, 3.63) is 60.4 Å². The highest BCUT2D eigenvalue weighted by molar-refractivity contribution is 7.22. The van der Waals surface area contributed by atoms with Crippen LogP contribution in [0, 0.1) is 0 Å². The van der Waals surface area contributed by atoms with Crippen LogP contribution in [0.2, 0.25) is 0 Å². The third kappa shape index (κ3) is 3.29. The van der Waals surface area contributed by atoms with Gasteiger partial charge in [-0.2, -0.15) is 5.10 Å². The normalized spacial score (nSPS) is 12.9. The number of thiazole rings is 1.